The minimum absolute atomic E-state index is 0.185. The van der Waals surface area contributed by atoms with Gasteiger partial charge in [0.25, 0.3) is 5.56 Å². The topological polar surface area (TPSA) is 65.7 Å². The lowest BCUT2D eigenvalue weighted by atomic mass is 10.2. The molecule has 0 aliphatic carbocycles. The molecule has 0 N–H and O–H groups in total. The Labute approximate surface area is 213 Å². The van der Waals surface area contributed by atoms with Crippen LogP contribution in [0.15, 0.2) is 83.7 Å². The number of ether oxygens (including phenoxy) is 2. The van der Waals surface area contributed by atoms with Crippen molar-refractivity contribution in [3.63, 3.8) is 0 Å². The Morgan fingerprint density at radius 2 is 1.69 bits per heavy atom. The number of thiazole rings is 1. The van der Waals surface area contributed by atoms with Crippen LogP contribution in [-0.2, 0) is 0 Å². The van der Waals surface area contributed by atoms with Gasteiger partial charge in [0.05, 0.1) is 11.1 Å². The minimum Gasteiger partial charge on any atom is -0.494 e. The third-order valence-electron chi connectivity index (χ3n) is 5.70. The zero-order chi connectivity index (χ0) is 24.7. The minimum atomic E-state index is -0.185. The highest BCUT2D eigenvalue weighted by Gasteiger charge is 2.12. The zero-order valence-corrected chi connectivity index (χ0v) is 20.9. The van der Waals surface area contributed by atoms with Gasteiger partial charge in [0, 0.05) is 5.56 Å². The van der Waals surface area contributed by atoms with Crippen LogP contribution in [0.2, 0.25) is 0 Å². The van der Waals surface area contributed by atoms with E-state index >= 15 is 0 Å². The largest absolute Gasteiger partial charge is 0.494 e. The van der Waals surface area contributed by atoms with Crippen molar-refractivity contribution in [2.45, 2.75) is 32.6 Å². The van der Waals surface area contributed by atoms with E-state index in [0.29, 0.717) is 21.1 Å². The fourth-order valence-electron chi connectivity index (χ4n) is 3.82. The number of hydrogen-bond donors (Lipinski definition) is 0. The molecule has 182 valence electrons. The molecule has 0 fully saturated rings. The van der Waals surface area contributed by atoms with Gasteiger partial charge in [-0.2, -0.15) is 9.50 Å². The predicted molar refractivity (Wildman–Crippen MR) is 144 cm³/mol. The Balaban J connectivity index is 1.31. The standard InChI is InChI=1S/C29H27N3O3S/c1-2-3-4-8-18-34-23-16-14-22(15-17-23)27-30-29-32(31-27)28(33)26(36-29)20-21-10-9-13-25(19-21)35-24-11-6-5-7-12-24/h5-7,9-17,19-20H,2-4,8,18H2,1H3. The summed E-state index contributed by atoms with van der Waals surface area (Å²) in [5.41, 5.74) is 1.53. The van der Waals surface area contributed by atoms with E-state index < -0.39 is 0 Å². The van der Waals surface area contributed by atoms with E-state index in [2.05, 4.69) is 17.0 Å². The summed E-state index contributed by atoms with van der Waals surface area (Å²) in [7, 11) is 0. The second-order valence-corrected chi connectivity index (χ2v) is 9.48. The summed E-state index contributed by atoms with van der Waals surface area (Å²) in [5.74, 6) is 2.82. The average molecular weight is 498 g/mol. The molecule has 0 spiro atoms. The van der Waals surface area contributed by atoms with Gasteiger partial charge in [0.2, 0.25) is 4.96 Å². The first-order valence-corrected chi connectivity index (χ1v) is 13.0. The lowest BCUT2D eigenvalue weighted by Gasteiger charge is -2.06. The fraction of sp³-hybridized carbons (Fsp3) is 0.207. The molecule has 3 aromatic carbocycles. The lowest BCUT2D eigenvalue weighted by molar-refractivity contribution is 0.305. The van der Waals surface area contributed by atoms with Crippen molar-refractivity contribution in [3.8, 4) is 28.6 Å². The Kier molecular flexibility index (Phi) is 7.38. The second-order valence-electron chi connectivity index (χ2n) is 8.47. The van der Waals surface area contributed by atoms with Gasteiger partial charge in [0.15, 0.2) is 5.82 Å². The summed E-state index contributed by atoms with van der Waals surface area (Å²) >= 11 is 1.32. The molecule has 0 saturated carbocycles. The van der Waals surface area contributed by atoms with Crippen LogP contribution in [0.3, 0.4) is 0 Å². The predicted octanol–water partition coefficient (Wildman–Crippen LogP) is 6.12. The molecule has 7 heteroatoms. The second kappa shape index (κ2) is 11.2. The van der Waals surface area contributed by atoms with Crippen molar-refractivity contribution in [2.24, 2.45) is 0 Å². The number of nitrogens with zero attached hydrogens (tertiary/aromatic N) is 3. The molecule has 0 aliphatic rings. The van der Waals surface area contributed by atoms with Crippen LogP contribution < -0.4 is 19.6 Å². The van der Waals surface area contributed by atoms with Gasteiger partial charge in [0.1, 0.15) is 17.2 Å². The molecular weight excluding hydrogens is 470 g/mol. The smallest absolute Gasteiger partial charge is 0.291 e. The van der Waals surface area contributed by atoms with E-state index in [9.17, 15) is 4.79 Å². The van der Waals surface area contributed by atoms with Gasteiger partial charge < -0.3 is 9.47 Å². The molecule has 0 amide bonds. The lowest BCUT2D eigenvalue weighted by Crippen LogP contribution is -2.23. The Morgan fingerprint density at radius 1 is 0.889 bits per heavy atom. The zero-order valence-electron chi connectivity index (χ0n) is 20.1. The van der Waals surface area contributed by atoms with Crippen LogP contribution >= 0.6 is 11.3 Å². The van der Waals surface area contributed by atoms with Crippen LogP contribution in [0, 0.1) is 0 Å². The molecule has 0 unspecified atom stereocenters. The van der Waals surface area contributed by atoms with E-state index in [1.807, 2.05) is 84.9 Å². The summed E-state index contributed by atoms with van der Waals surface area (Å²) in [4.78, 5) is 18.1. The summed E-state index contributed by atoms with van der Waals surface area (Å²) < 4.78 is 13.7. The SMILES string of the molecule is CCCCCCOc1ccc(-c2nc3sc(=Cc4cccc(Oc5ccccc5)c4)c(=O)n3n2)cc1. The molecule has 2 aromatic heterocycles. The molecule has 5 aromatic rings. The van der Waals surface area contributed by atoms with Gasteiger partial charge in [-0.15, -0.1) is 5.10 Å². The third-order valence-corrected chi connectivity index (χ3v) is 6.65. The normalized spacial score (nSPS) is 11.8. The van der Waals surface area contributed by atoms with Crippen LogP contribution in [0.4, 0.5) is 0 Å². The maximum absolute atomic E-state index is 13.0. The molecule has 0 saturated heterocycles. The third kappa shape index (κ3) is 5.63. The summed E-state index contributed by atoms with van der Waals surface area (Å²) in [5, 5.41) is 4.46. The number of fused-ring (bicyclic) bond motifs is 1. The van der Waals surface area contributed by atoms with Crippen molar-refractivity contribution in [3.05, 3.63) is 99.3 Å². The van der Waals surface area contributed by atoms with Gasteiger partial charge in [-0.1, -0.05) is 67.9 Å². The average Bonchev–Trinajstić information content (AvgIpc) is 3.44. The number of rotatable bonds is 10. The number of para-hydroxylation sites is 1. The van der Waals surface area contributed by atoms with Gasteiger partial charge in [-0.05, 0) is 66.6 Å². The molecule has 0 bridgehead atoms. The van der Waals surface area contributed by atoms with Crippen molar-refractivity contribution in [1.29, 1.82) is 0 Å². The van der Waals surface area contributed by atoms with Gasteiger partial charge >= 0.3 is 0 Å². The maximum Gasteiger partial charge on any atom is 0.291 e. The molecule has 2 heterocycles. The van der Waals surface area contributed by atoms with Crippen molar-refractivity contribution in [2.75, 3.05) is 6.61 Å². The molecule has 36 heavy (non-hydrogen) atoms. The molecule has 0 radical (unpaired) electrons. The first kappa shape index (κ1) is 23.8. The number of unbranched alkanes of at least 4 members (excludes halogenated alkanes) is 3. The van der Waals surface area contributed by atoms with E-state index in [0.717, 1.165) is 35.7 Å². The highest BCUT2D eigenvalue weighted by atomic mass is 32.1. The molecular formula is C29H27N3O3S. The Bertz CT molecular complexity index is 1540. The van der Waals surface area contributed by atoms with Crippen LogP contribution in [0.5, 0.6) is 17.2 Å². The number of benzene rings is 3. The highest BCUT2D eigenvalue weighted by molar-refractivity contribution is 7.15. The molecule has 6 nitrogen and oxygen atoms in total. The molecule has 5 rings (SSSR count). The summed E-state index contributed by atoms with van der Waals surface area (Å²) in [6.45, 7) is 2.92. The van der Waals surface area contributed by atoms with Gasteiger partial charge in [-0.25, -0.2) is 0 Å². The van der Waals surface area contributed by atoms with E-state index in [1.165, 1.54) is 35.1 Å². The fourth-order valence-corrected chi connectivity index (χ4v) is 4.73. The van der Waals surface area contributed by atoms with E-state index in [4.69, 9.17) is 9.47 Å². The van der Waals surface area contributed by atoms with E-state index in [-0.39, 0.29) is 5.56 Å². The number of aromatic nitrogens is 3. The highest BCUT2D eigenvalue weighted by Crippen LogP contribution is 2.23. The van der Waals surface area contributed by atoms with E-state index in [1.54, 1.807) is 0 Å². The summed E-state index contributed by atoms with van der Waals surface area (Å²) in [6.07, 6.45) is 6.54. The van der Waals surface area contributed by atoms with Crippen molar-refractivity contribution < 1.29 is 9.47 Å². The van der Waals surface area contributed by atoms with Gasteiger partial charge in [-0.3, -0.25) is 4.79 Å². The van der Waals surface area contributed by atoms with Crippen molar-refractivity contribution in [1.82, 2.24) is 14.6 Å². The first-order chi connectivity index (χ1) is 17.7. The maximum atomic E-state index is 13.0. The van der Waals surface area contributed by atoms with Crippen molar-refractivity contribution >= 4 is 22.4 Å². The van der Waals surface area contributed by atoms with Crippen LogP contribution in [0.1, 0.15) is 38.2 Å². The monoisotopic (exact) mass is 497 g/mol. The Morgan fingerprint density at radius 3 is 2.47 bits per heavy atom. The van der Waals surface area contributed by atoms with Crippen LogP contribution in [0.25, 0.3) is 22.4 Å². The first-order valence-electron chi connectivity index (χ1n) is 12.2. The number of hydrogen-bond acceptors (Lipinski definition) is 6. The van der Waals surface area contributed by atoms with Crippen LogP contribution in [-0.4, -0.2) is 21.2 Å². The molecule has 0 aliphatic heterocycles. The summed E-state index contributed by atoms with van der Waals surface area (Å²) in [6, 6.07) is 24.9. The quantitative estimate of drug-likeness (QED) is 0.218. The Hall–Kier alpha value is -3.97. The molecule has 0 atom stereocenters.